The zero-order chi connectivity index (χ0) is 12.5. The molecule has 0 spiro atoms. The predicted molar refractivity (Wildman–Crippen MR) is 79.8 cm³/mol. The third-order valence-electron chi connectivity index (χ3n) is 2.42. The standard InChI is InChI=1S/C12H7BrClN3S/c13-8-3-1-2-4-9(8)15-10-7-5-6-18-11(7)17-12(14)16-10/h1-6H,(H,15,16,17). The molecule has 0 aliphatic heterocycles. The smallest absolute Gasteiger partial charge is 0.225 e. The number of hydrogen-bond donors (Lipinski definition) is 1. The number of nitrogens with one attached hydrogen (secondary N) is 1. The van der Waals surface area contributed by atoms with Gasteiger partial charge in [0.2, 0.25) is 5.28 Å². The first-order chi connectivity index (χ1) is 8.74. The van der Waals surface area contributed by atoms with Crippen molar-refractivity contribution in [1.29, 1.82) is 0 Å². The first-order valence-electron chi connectivity index (χ1n) is 5.16. The van der Waals surface area contributed by atoms with E-state index < -0.39 is 0 Å². The molecule has 0 saturated heterocycles. The summed E-state index contributed by atoms with van der Waals surface area (Å²) < 4.78 is 0.975. The van der Waals surface area contributed by atoms with Crippen molar-refractivity contribution < 1.29 is 0 Å². The molecule has 18 heavy (non-hydrogen) atoms. The van der Waals surface area contributed by atoms with E-state index in [1.54, 1.807) is 11.3 Å². The number of rotatable bonds is 2. The van der Waals surface area contributed by atoms with E-state index in [0.717, 1.165) is 26.2 Å². The number of anilines is 2. The molecule has 0 unspecified atom stereocenters. The van der Waals surface area contributed by atoms with Crippen molar-refractivity contribution in [1.82, 2.24) is 9.97 Å². The van der Waals surface area contributed by atoms with Crippen molar-refractivity contribution in [2.75, 3.05) is 5.32 Å². The molecule has 0 amide bonds. The molecule has 2 aromatic heterocycles. The second-order valence-corrected chi connectivity index (χ2v) is 5.67. The minimum Gasteiger partial charge on any atom is -0.339 e. The summed E-state index contributed by atoms with van der Waals surface area (Å²) >= 11 is 11.0. The van der Waals surface area contributed by atoms with Crippen LogP contribution in [0.2, 0.25) is 5.28 Å². The quantitative estimate of drug-likeness (QED) is 0.678. The van der Waals surface area contributed by atoms with Crippen molar-refractivity contribution in [3.63, 3.8) is 0 Å². The van der Waals surface area contributed by atoms with Crippen molar-refractivity contribution in [2.45, 2.75) is 0 Å². The molecule has 1 aromatic carbocycles. The summed E-state index contributed by atoms with van der Waals surface area (Å²) in [6.45, 7) is 0. The van der Waals surface area contributed by atoms with Gasteiger partial charge < -0.3 is 5.32 Å². The van der Waals surface area contributed by atoms with Crippen LogP contribution < -0.4 is 5.32 Å². The Bertz CT molecular complexity index is 713. The average Bonchev–Trinajstić information content (AvgIpc) is 2.80. The molecule has 0 fully saturated rings. The van der Waals surface area contributed by atoms with Crippen LogP contribution >= 0.6 is 38.9 Å². The first-order valence-corrected chi connectivity index (χ1v) is 7.21. The third-order valence-corrected chi connectivity index (χ3v) is 4.09. The molecular formula is C12H7BrClN3S. The molecule has 3 rings (SSSR count). The summed E-state index contributed by atoms with van der Waals surface area (Å²) in [5, 5.41) is 6.46. The summed E-state index contributed by atoms with van der Waals surface area (Å²) in [4.78, 5) is 9.30. The Labute approximate surface area is 121 Å². The number of halogens is 2. The highest BCUT2D eigenvalue weighted by atomic mass is 79.9. The van der Waals surface area contributed by atoms with Crippen LogP contribution in [-0.4, -0.2) is 9.97 Å². The van der Waals surface area contributed by atoms with Gasteiger partial charge in [0, 0.05) is 4.47 Å². The molecule has 0 atom stereocenters. The average molecular weight is 341 g/mol. The van der Waals surface area contributed by atoms with Crippen LogP contribution in [0.15, 0.2) is 40.2 Å². The van der Waals surface area contributed by atoms with Crippen molar-refractivity contribution in [3.05, 3.63) is 45.5 Å². The van der Waals surface area contributed by atoms with Gasteiger partial charge in [0.15, 0.2) is 0 Å². The third kappa shape index (κ3) is 2.21. The van der Waals surface area contributed by atoms with E-state index in [2.05, 4.69) is 31.2 Å². The fourth-order valence-corrected chi connectivity index (χ4v) is 2.98. The van der Waals surface area contributed by atoms with E-state index in [1.807, 2.05) is 35.7 Å². The van der Waals surface area contributed by atoms with E-state index in [4.69, 9.17) is 11.6 Å². The summed E-state index contributed by atoms with van der Waals surface area (Å²) in [7, 11) is 0. The van der Waals surface area contributed by atoms with Crippen LogP contribution in [0.3, 0.4) is 0 Å². The van der Waals surface area contributed by atoms with Crippen LogP contribution in [0, 0.1) is 0 Å². The predicted octanol–water partition coefficient (Wildman–Crippen LogP) is 4.85. The molecule has 0 radical (unpaired) electrons. The van der Waals surface area contributed by atoms with E-state index in [-0.39, 0.29) is 5.28 Å². The molecule has 90 valence electrons. The number of fused-ring (bicyclic) bond motifs is 1. The lowest BCUT2D eigenvalue weighted by Crippen LogP contribution is -1.96. The van der Waals surface area contributed by atoms with E-state index >= 15 is 0 Å². The van der Waals surface area contributed by atoms with Gasteiger partial charge in [-0.15, -0.1) is 11.3 Å². The Morgan fingerprint density at radius 3 is 2.83 bits per heavy atom. The fourth-order valence-electron chi connectivity index (χ4n) is 1.61. The number of aromatic nitrogens is 2. The molecule has 1 N–H and O–H groups in total. The molecule has 2 heterocycles. The molecule has 0 bridgehead atoms. The Hall–Kier alpha value is -1.17. The highest BCUT2D eigenvalue weighted by Crippen LogP contribution is 2.31. The number of thiophene rings is 1. The lowest BCUT2D eigenvalue weighted by molar-refractivity contribution is 1.23. The Morgan fingerprint density at radius 2 is 2.00 bits per heavy atom. The van der Waals surface area contributed by atoms with Gasteiger partial charge in [0.1, 0.15) is 10.6 Å². The van der Waals surface area contributed by atoms with Gasteiger partial charge in [0.05, 0.1) is 11.1 Å². The van der Waals surface area contributed by atoms with Crippen LogP contribution in [0.1, 0.15) is 0 Å². The first kappa shape index (κ1) is 11.9. The van der Waals surface area contributed by atoms with E-state index in [9.17, 15) is 0 Å². The minimum atomic E-state index is 0.250. The summed E-state index contributed by atoms with van der Waals surface area (Å²) in [6.07, 6.45) is 0. The molecule has 3 aromatic rings. The van der Waals surface area contributed by atoms with Crippen molar-refractivity contribution >= 4 is 60.6 Å². The topological polar surface area (TPSA) is 37.8 Å². The Balaban J connectivity index is 2.10. The van der Waals surface area contributed by atoms with Crippen molar-refractivity contribution in [2.24, 2.45) is 0 Å². The number of nitrogens with zero attached hydrogens (tertiary/aromatic N) is 2. The normalized spacial score (nSPS) is 10.8. The number of para-hydroxylation sites is 1. The molecule has 0 saturated carbocycles. The van der Waals surface area contributed by atoms with Crippen molar-refractivity contribution in [3.8, 4) is 0 Å². The lowest BCUT2D eigenvalue weighted by atomic mass is 10.3. The summed E-state index contributed by atoms with van der Waals surface area (Å²) in [5.41, 5.74) is 0.944. The second-order valence-electron chi connectivity index (χ2n) is 3.59. The van der Waals surface area contributed by atoms with Gasteiger partial charge in [-0.2, -0.15) is 4.98 Å². The number of hydrogen-bond acceptors (Lipinski definition) is 4. The Kier molecular flexibility index (Phi) is 3.20. The van der Waals surface area contributed by atoms with Gasteiger partial charge in [-0.1, -0.05) is 12.1 Å². The van der Waals surface area contributed by atoms with E-state index in [0.29, 0.717) is 0 Å². The molecule has 6 heteroatoms. The largest absolute Gasteiger partial charge is 0.339 e. The highest BCUT2D eigenvalue weighted by molar-refractivity contribution is 9.10. The summed E-state index contributed by atoms with van der Waals surface area (Å²) in [6, 6.07) is 9.84. The monoisotopic (exact) mass is 339 g/mol. The fraction of sp³-hybridized carbons (Fsp3) is 0. The maximum absolute atomic E-state index is 5.92. The van der Waals surface area contributed by atoms with Gasteiger partial charge in [0.25, 0.3) is 0 Å². The van der Waals surface area contributed by atoms with Gasteiger partial charge >= 0.3 is 0 Å². The molecule has 0 aliphatic rings. The SMILES string of the molecule is Clc1nc(Nc2ccccc2Br)c2ccsc2n1. The molecule has 0 aliphatic carbocycles. The lowest BCUT2D eigenvalue weighted by Gasteiger charge is -2.08. The zero-order valence-corrected chi connectivity index (χ0v) is 12.2. The highest BCUT2D eigenvalue weighted by Gasteiger charge is 2.09. The molecule has 3 nitrogen and oxygen atoms in total. The maximum Gasteiger partial charge on any atom is 0.225 e. The van der Waals surface area contributed by atoms with Gasteiger partial charge in [-0.05, 0) is 51.1 Å². The van der Waals surface area contributed by atoms with Crippen LogP contribution in [0.25, 0.3) is 10.2 Å². The van der Waals surface area contributed by atoms with Crippen LogP contribution in [0.5, 0.6) is 0 Å². The zero-order valence-electron chi connectivity index (χ0n) is 9.02. The Morgan fingerprint density at radius 1 is 1.17 bits per heavy atom. The van der Waals surface area contributed by atoms with Gasteiger partial charge in [-0.25, -0.2) is 4.98 Å². The van der Waals surface area contributed by atoms with Crippen LogP contribution in [0.4, 0.5) is 11.5 Å². The van der Waals surface area contributed by atoms with Gasteiger partial charge in [-0.3, -0.25) is 0 Å². The maximum atomic E-state index is 5.92. The second kappa shape index (κ2) is 4.84. The number of benzene rings is 1. The van der Waals surface area contributed by atoms with E-state index in [1.165, 1.54) is 0 Å². The molecular weight excluding hydrogens is 334 g/mol. The summed E-state index contributed by atoms with van der Waals surface area (Å²) in [5.74, 6) is 0.721. The van der Waals surface area contributed by atoms with Crippen LogP contribution in [-0.2, 0) is 0 Å². The minimum absolute atomic E-state index is 0.250.